The number of fused-ring (bicyclic) bond motifs is 1. The van der Waals surface area contributed by atoms with Gasteiger partial charge in [-0.1, -0.05) is 37.6 Å². The molecule has 2 aromatic carbocycles. The van der Waals surface area contributed by atoms with Crippen molar-refractivity contribution in [3.05, 3.63) is 58.7 Å². The number of ether oxygens (including phenoxy) is 1. The van der Waals surface area contributed by atoms with Gasteiger partial charge in [-0.25, -0.2) is 13.4 Å². The number of nitrogens with zero attached hydrogens (tertiary/aromatic N) is 2. The van der Waals surface area contributed by atoms with Crippen molar-refractivity contribution < 1.29 is 13.2 Å². The van der Waals surface area contributed by atoms with Gasteiger partial charge in [-0.3, -0.25) is 0 Å². The molecule has 0 radical (unpaired) electrons. The summed E-state index contributed by atoms with van der Waals surface area (Å²) in [5, 5.41) is 13.6. The Kier molecular flexibility index (Phi) is 7.99. The third-order valence-electron chi connectivity index (χ3n) is 7.36. The van der Waals surface area contributed by atoms with E-state index in [4.69, 9.17) is 21.7 Å². The highest BCUT2D eigenvalue weighted by molar-refractivity contribution is 7.92. The largest absolute Gasteiger partial charge is 0.495 e. The molecule has 0 saturated carbocycles. The second kappa shape index (κ2) is 10.9. The number of sulfone groups is 1. The molecule has 1 unspecified atom stereocenters. The van der Waals surface area contributed by atoms with Crippen LogP contribution in [0.25, 0.3) is 0 Å². The van der Waals surface area contributed by atoms with E-state index in [1.807, 2.05) is 0 Å². The first-order valence-electron chi connectivity index (χ1n) is 12.6. The van der Waals surface area contributed by atoms with Gasteiger partial charge in [-0.2, -0.15) is 4.98 Å². The number of rotatable bonds is 9. The van der Waals surface area contributed by atoms with Gasteiger partial charge in [0.1, 0.15) is 10.8 Å². The Morgan fingerprint density at radius 1 is 1.21 bits per heavy atom. The van der Waals surface area contributed by atoms with Crippen molar-refractivity contribution in [1.82, 2.24) is 9.97 Å². The number of halogens is 1. The second-order valence-electron chi connectivity index (χ2n) is 10.3. The first-order valence-corrected chi connectivity index (χ1v) is 14.5. The van der Waals surface area contributed by atoms with E-state index in [-0.39, 0.29) is 27.1 Å². The Bertz CT molecular complexity index is 1460. The number of hydrogen-bond acceptors (Lipinski definition) is 8. The minimum absolute atomic E-state index is 0.0888. The summed E-state index contributed by atoms with van der Waals surface area (Å²) in [6.07, 6.45) is 5.64. The van der Waals surface area contributed by atoms with Crippen LogP contribution in [0.3, 0.4) is 0 Å². The lowest BCUT2D eigenvalue weighted by Gasteiger charge is -2.40. The van der Waals surface area contributed by atoms with Crippen molar-refractivity contribution in [2.45, 2.75) is 62.5 Å². The summed E-state index contributed by atoms with van der Waals surface area (Å²) < 4.78 is 31.5. The van der Waals surface area contributed by atoms with E-state index in [1.54, 1.807) is 45.2 Å². The van der Waals surface area contributed by atoms with Crippen molar-refractivity contribution in [2.24, 2.45) is 5.92 Å². The quantitative estimate of drug-likeness (QED) is 0.252. The predicted octanol–water partition coefficient (Wildman–Crippen LogP) is 6.69. The summed E-state index contributed by atoms with van der Waals surface area (Å²) in [5.74, 6) is 1.62. The standard InChI is InChI=1S/C28H34ClN5O3S/c1-17(2)38(35,36)25-9-7-6-8-22(25)32-26-21(29)16-31-27(34-26)33-23-14-18-10-11-19(12-13-30)28(3,4)20(18)15-24(23)37-5/h6-9,13-17,19,30H,10-12H2,1-5H3,(H2,31,32,33,34). The number of para-hydroxylation sites is 1. The Morgan fingerprint density at radius 3 is 2.63 bits per heavy atom. The first-order chi connectivity index (χ1) is 18.0. The van der Waals surface area contributed by atoms with Crippen LogP contribution >= 0.6 is 11.6 Å². The number of hydrogen-bond donors (Lipinski definition) is 3. The molecule has 38 heavy (non-hydrogen) atoms. The smallest absolute Gasteiger partial charge is 0.229 e. The van der Waals surface area contributed by atoms with E-state index in [0.29, 0.717) is 17.4 Å². The molecule has 0 amide bonds. The highest BCUT2D eigenvalue weighted by Crippen LogP contribution is 2.46. The Balaban J connectivity index is 1.67. The molecule has 202 valence electrons. The number of methoxy groups -OCH3 is 1. The maximum absolute atomic E-state index is 12.9. The van der Waals surface area contributed by atoms with Crippen molar-refractivity contribution in [2.75, 3.05) is 17.7 Å². The first kappa shape index (κ1) is 27.9. The van der Waals surface area contributed by atoms with Gasteiger partial charge < -0.3 is 20.8 Å². The number of nitrogens with one attached hydrogen (secondary N) is 3. The molecular weight excluding hydrogens is 522 g/mol. The average Bonchev–Trinajstić information content (AvgIpc) is 2.87. The molecule has 4 rings (SSSR count). The molecule has 0 saturated heterocycles. The van der Waals surface area contributed by atoms with Gasteiger partial charge in [0, 0.05) is 0 Å². The maximum atomic E-state index is 12.9. The molecule has 3 N–H and O–H groups in total. The molecule has 3 aromatic rings. The summed E-state index contributed by atoms with van der Waals surface area (Å²) in [6.45, 7) is 7.74. The van der Waals surface area contributed by atoms with Crippen LogP contribution in [-0.4, -0.2) is 37.0 Å². The maximum Gasteiger partial charge on any atom is 0.229 e. The Labute approximate surface area is 229 Å². The third kappa shape index (κ3) is 5.35. The predicted molar refractivity (Wildman–Crippen MR) is 154 cm³/mol. The SMILES string of the molecule is COc1cc2c(cc1Nc1ncc(Cl)c(Nc3ccccc3S(=O)(=O)C(C)C)n1)CCC(CC=N)C2(C)C. The van der Waals surface area contributed by atoms with Crippen LogP contribution < -0.4 is 15.4 Å². The van der Waals surface area contributed by atoms with Crippen molar-refractivity contribution in [3.63, 3.8) is 0 Å². The van der Waals surface area contributed by atoms with Crippen LogP contribution in [0.4, 0.5) is 23.1 Å². The Morgan fingerprint density at radius 2 is 1.95 bits per heavy atom. The van der Waals surface area contributed by atoms with E-state index in [2.05, 4.69) is 46.6 Å². The number of aryl methyl sites for hydroxylation is 1. The molecular formula is C28H34ClN5O3S. The number of aromatic nitrogens is 2. The fourth-order valence-corrected chi connectivity index (χ4v) is 6.34. The topological polar surface area (TPSA) is 117 Å². The fourth-order valence-electron chi connectivity index (χ4n) is 5.00. The van der Waals surface area contributed by atoms with E-state index in [1.165, 1.54) is 23.5 Å². The zero-order chi connectivity index (χ0) is 27.7. The molecule has 1 heterocycles. The van der Waals surface area contributed by atoms with Crippen molar-refractivity contribution >= 4 is 50.8 Å². The van der Waals surface area contributed by atoms with E-state index < -0.39 is 15.1 Å². The Hall–Kier alpha value is -3.17. The molecule has 1 atom stereocenters. The van der Waals surface area contributed by atoms with Crippen LogP contribution in [0, 0.1) is 11.3 Å². The highest BCUT2D eigenvalue weighted by atomic mass is 35.5. The minimum Gasteiger partial charge on any atom is -0.495 e. The summed E-state index contributed by atoms with van der Waals surface area (Å²) in [6, 6.07) is 10.8. The van der Waals surface area contributed by atoms with Gasteiger partial charge in [-0.05, 0) is 86.0 Å². The normalized spacial score (nSPS) is 16.6. The highest BCUT2D eigenvalue weighted by Gasteiger charge is 2.36. The summed E-state index contributed by atoms with van der Waals surface area (Å²) in [5.41, 5.74) is 3.47. The monoisotopic (exact) mass is 555 g/mol. The fraction of sp³-hybridized carbons (Fsp3) is 0.393. The minimum atomic E-state index is -3.53. The van der Waals surface area contributed by atoms with E-state index >= 15 is 0 Å². The lowest BCUT2D eigenvalue weighted by molar-refractivity contribution is 0.286. The lowest BCUT2D eigenvalue weighted by atomic mass is 9.64. The molecule has 0 bridgehead atoms. The van der Waals surface area contributed by atoms with Crippen molar-refractivity contribution in [3.8, 4) is 5.75 Å². The van der Waals surface area contributed by atoms with Gasteiger partial charge >= 0.3 is 0 Å². The summed E-state index contributed by atoms with van der Waals surface area (Å²) in [7, 11) is -1.90. The average molecular weight is 556 g/mol. The summed E-state index contributed by atoms with van der Waals surface area (Å²) in [4.78, 5) is 9.06. The molecule has 1 aliphatic rings. The van der Waals surface area contributed by atoms with Gasteiger partial charge in [0.05, 0.1) is 34.8 Å². The molecule has 1 aromatic heterocycles. The summed E-state index contributed by atoms with van der Waals surface area (Å²) >= 11 is 6.40. The number of anilines is 4. The van der Waals surface area contributed by atoms with Crippen molar-refractivity contribution in [1.29, 1.82) is 5.41 Å². The van der Waals surface area contributed by atoms with E-state index in [9.17, 15) is 8.42 Å². The van der Waals surface area contributed by atoms with Gasteiger partial charge in [0.2, 0.25) is 5.95 Å². The van der Waals surface area contributed by atoms with Crippen LogP contribution in [0.5, 0.6) is 5.75 Å². The van der Waals surface area contributed by atoms with Crippen LogP contribution in [-0.2, 0) is 21.7 Å². The van der Waals surface area contributed by atoms with Crippen LogP contribution in [0.2, 0.25) is 5.02 Å². The lowest BCUT2D eigenvalue weighted by Crippen LogP contribution is -2.34. The molecule has 1 aliphatic carbocycles. The third-order valence-corrected chi connectivity index (χ3v) is 9.85. The zero-order valence-corrected chi connectivity index (χ0v) is 23.9. The van der Waals surface area contributed by atoms with E-state index in [0.717, 1.165) is 24.9 Å². The number of benzene rings is 2. The second-order valence-corrected chi connectivity index (χ2v) is 13.2. The van der Waals surface area contributed by atoms with Crippen LogP contribution in [0.1, 0.15) is 51.7 Å². The molecule has 0 aliphatic heterocycles. The van der Waals surface area contributed by atoms with Crippen LogP contribution in [0.15, 0.2) is 47.5 Å². The molecule has 0 spiro atoms. The van der Waals surface area contributed by atoms with Gasteiger partial charge in [-0.15, -0.1) is 0 Å². The molecule has 0 fully saturated rings. The zero-order valence-electron chi connectivity index (χ0n) is 22.3. The molecule has 8 nitrogen and oxygen atoms in total. The molecule has 10 heteroatoms. The van der Waals surface area contributed by atoms with Gasteiger partial charge in [0.15, 0.2) is 15.7 Å². The van der Waals surface area contributed by atoms with Gasteiger partial charge in [0.25, 0.3) is 0 Å².